The third-order valence-electron chi connectivity index (χ3n) is 5.36. The van der Waals surface area contributed by atoms with Crippen molar-refractivity contribution in [1.29, 1.82) is 0 Å². The highest BCUT2D eigenvalue weighted by Crippen LogP contribution is 2.36. The highest BCUT2D eigenvalue weighted by molar-refractivity contribution is 5.92. The fraction of sp³-hybridized carbons (Fsp3) is 0.640. The Kier molecular flexibility index (Phi) is 9.28. The van der Waals surface area contributed by atoms with Gasteiger partial charge in [-0.15, -0.1) is 0 Å². The number of hydrogen-bond acceptors (Lipinski definition) is 5. The smallest absolute Gasteiger partial charge is 0.408 e. The van der Waals surface area contributed by atoms with Gasteiger partial charge in [0.25, 0.3) is 0 Å². The fourth-order valence-electron chi connectivity index (χ4n) is 3.79. The molecule has 0 heterocycles. The average molecular weight is 462 g/mol. The van der Waals surface area contributed by atoms with E-state index in [4.69, 9.17) is 4.74 Å². The second-order valence-corrected chi connectivity index (χ2v) is 9.87. The number of hydrogen-bond donors (Lipinski definition) is 3. The molecule has 1 saturated carbocycles. The topological polar surface area (TPSA) is 108 Å². The number of aliphatic hydroxyl groups is 1. The van der Waals surface area contributed by atoms with E-state index in [0.717, 1.165) is 31.2 Å². The molecule has 1 fully saturated rings. The lowest BCUT2D eigenvalue weighted by Crippen LogP contribution is -2.55. The predicted octanol–water partition coefficient (Wildman–Crippen LogP) is 3.22. The van der Waals surface area contributed by atoms with Crippen LogP contribution >= 0.6 is 0 Å². The molecule has 8 heteroatoms. The van der Waals surface area contributed by atoms with Crippen molar-refractivity contribution < 1.29 is 24.2 Å². The van der Waals surface area contributed by atoms with Crippen molar-refractivity contribution in [3.63, 3.8) is 0 Å². The van der Waals surface area contributed by atoms with Gasteiger partial charge in [0.15, 0.2) is 0 Å². The zero-order chi connectivity index (χ0) is 24.8. The van der Waals surface area contributed by atoms with Crippen LogP contribution in [0.3, 0.4) is 0 Å². The minimum absolute atomic E-state index is 0.0421. The number of aliphatic hydroxyl groups excluding tert-OH is 1. The van der Waals surface area contributed by atoms with Crippen molar-refractivity contribution in [2.24, 2.45) is 0 Å². The van der Waals surface area contributed by atoms with Gasteiger partial charge in [0, 0.05) is 12.1 Å². The quantitative estimate of drug-likeness (QED) is 0.496. The second-order valence-electron chi connectivity index (χ2n) is 9.87. The van der Waals surface area contributed by atoms with Crippen LogP contribution in [0.15, 0.2) is 24.3 Å². The molecule has 0 saturated heterocycles. The van der Waals surface area contributed by atoms with Gasteiger partial charge in [-0.25, -0.2) is 4.79 Å². The molecule has 8 nitrogen and oxygen atoms in total. The molecule has 0 aliphatic heterocycles. The van der Waals surface area contributed by atoms with Crippen molar-refractivity contribution in [2.75, 3.05) is 6.61 Å². The summed E-state index contributed by atoms with van der Waals surface area (Å²) in [6.45, 7) is 10.5. The van der Waals surface area contributed by atoms with Gasteiger partial charge in [0.05, 0.1) is 6.61 Å². The lowest BCUT2D eigenvalue weighted by atomic mass is 10.00. The van der Waals surface area contributed by atoms with Crippen LogP contribution in [0.2, 0.25) is 0 Å². The minimum Gasteiger partial charge on any atom is -0.444 e. The minimum atomic E-state index is -1.21. The molecule has 3 atom stereocenters. The van der Waals surface area contributed by atoms with E-state index in [1.54, 1.807) is 20.8 Å². The van der Waals surface area contributed by atoms with Gasteiger partial charge in [-0.3, -0.25) is 9.59 Å². The maximum absolute atomic E-state index is 13.6. The number of carbonyl (C=O) groups is 3. The Morgan fingerprint density at radius 1 is 1.21 bits per heavy atom. The zero-order valence-corrected chi connectivity index (χ0v) is 20.7. The van der Waals surface area contributed by atoms with Crippen molar-refractivity contribution in [3.05, 3.63) is 35.4 Å². The van der Waals surface area contributed by atoms with Crippen LogP contribution in [0.5, 0.6) is 0 Å². The summed E-state index contributed by atoms with van der Waals surface area (Å²) in [6.07, 6.45) is 2.48. The normalized spacial score (nSPS) is 16.3. The first kappa shape index (κ1) is 26.6. The Labute approximate surface area is 197 Å². The van der Waals surface area contributed by atoms with Crippen LogP contribution in [0.25, 0.3) is 0 Å². The first-order valence-corrected chi connectivity index (χ1v) is 11.8. The standard InChI is InChI=1S/C25H39N3O5/c1-7-9-17(3)26-22(30)21(18-11-8-10-16(2)14-18)28(19-12-13-19)23(31)20(15-29)27-24(32)33-25(4,5)6/h8,10-11,14,17,19-21,29H,7,9,12-13,15H2,1-6H3,(H,26,30)(H,27,32). The Balaban J connectivity index is 2.36. The molecule has 1 aliphatic rings. The van der Waals surface area contributed by atoms with Gasteiger partial charge in [-0.05, 0) is 59.4 Å². The fourth-order valence-corrected chi connectivity index (χ4v) is 3.79. The summed E-state index contributed by atoms with van der Waals surface area (Å²) >= 11 is 0. The van der Waals surface area contributed by atoms with Crippen LogP contribution in [0.1, 0.15) is 77.5 Å². The molecule has 3 unspecified atom stereocenters. The molecule has 0 radical (unpaired) electrons. The number of nitrogens with one attached hydrogen (secondary N) is 2. The number of alkyl carbamates (subject to hydrolysis) is 1. The van der Waals surface area contributed by atoms with Crippen molar-refractivity contribution in [2.45, 2.75) is 97.0 Å². The first-order chi connectivity index (χ1) is 15.5. The third kappa shape index (κ3) is 8.03. The summed E-state index contributed by atoms with van der Waals surface area (Å²) in [5.41, 5.74) is 0.925. The molecule has 33 heavy (non-hydrogen) atoms. The van der Waals surface area contributed by atoms with E-state index in [9.17, 15) is 19.5 Å². The maximum atomic E-state index is 13.6. The van der Waals surface area contributed by atoms with Gasteiger partial charge in [0.2, 0.25) is 11.8 Å². The highest BCUT2D eigenvalue weighted by Gasteiger charge is 2.44. The monoisotopic (exact) mass is 461 g/mol. The second kappa shape index (κ2) is 11.5. The largest absolute Gasteiger partial charge is 0.444 e. The SMILES string of the molecule is CCCC(C)NC(=O)C(c1cccc(C)c1)N(C(=O)C(CO)NC(=O)OC(C)(C)C)C1CC1. The Hall–Kier alpha value is -2.61. The molecule has 1 aliphatic carbocycles. The Morgan fingerprint density at radius 2 is 1.88 bits per heavy atom. The van der Waals surface area contributed by atoms with E-state index in [1.807, 2.05) is 38.1 Å². The summed E-state index contributed by atoms with van der Waals surface area (Å²) in [5.74, 6) is -0.772. The van der Waals surface area contributed by atoms with Crippen LogP contribution in [0, 0.1) is 6.92 Å². The summed E-state index contributed by atoms with van der Waals surface area (Å²) < 4.78 is 5.25. The number of rotatable bonds is 10. The van der Waals surface area contributed by atoms with E-state index in [2.05, 4.69) is 17.6 Å². The molecular weight excluding hydrogens is 422 g/mol. The number of aryl methyl sites for hydroxylation is 1. The molecule has 3 N–H and O–H groups in total. The molecule has 0 aromatic heterocycles. The molecule has 3 amide bonds. The zero-order valence-electron chi connectivity index (χ0n) is 20.7. The summed E-state index contributed by atoms with van der Waals surface area (Å²) in [5, 5.41) is 15.4. The van der Waals surface area contributed by atoms with Gasteiger partial charge in [-0.1, -0.05) is 43.2 Å². The highest BCUT2D eigenvalue weighted by atomic mass is 16.6. The van der Waals surface area contributed by atoms with Crippen molar-refractivity contribution >= 4 is 17.9 Å². The van der Waals surface area contributed by atoms with Gasteiger partial charge < -0.3 is 25.4 Å². The molecular formula is C25H39N3O5. The molecule has 1 aromatic rings. The van der Waals surface area contributed by atoms with Crippen molar-refractivity contribution in [3.8, 4) is 0 Å². The van der Waals surface area contributed by atoms with Gasteiger partial charge in [0.1, 0.15) is 17.7 Å². The Morgan fingerprint density at radius 3 is 2.39 bits per heavy atom. The van der Waals surface area contributed by atoms with E-state index in [0.29, 0.717) is 5.56 Å². The molecule has 2 rings (SSSR count). The average Bonchev–Trinajstić information content (AvgIpc) is 3.53. The summed E-state index contributed by atoms with van der Waals surface area (Å²) in [4.78, 5) is 40.9. The van der Waals surface area contributed by atoms with Crippen LogP contribution in [0.4, 0.5) is 4.79 Å². The maximum Gasteiger partial charge on any atom is 0.408 e. The van der Waals surface area contributed by atoms with Crippen molar-refractivity contribution in [1.82, 2.24) is 15.5 Å². The lowest BCUT2D eigenvalue weighted by molar-refractivity contribution is -0.144. The van der Waals surface area contributed by atoms with E-state index in [1.165, 1.54) is 4.90 Å². The Bertz CT molecular complexity index is 832. The molecule has 184 valence electrons. The summed E-state index contributed by atoms with van der Waals surface area (Å²) in [6, 6.07) is 5.27. The molecule has 0 spiro atoms. The van der Waals surface area contributed by atoms with Crippen LogP contribution < -0.4 is 10.6 Å². The number of ether oxygens (including phenoxy) is 1. The third-order valence-corrected chi connectivity index (χ3v) is 5.36. The van der Waals surface area contributed by atoms with Gasteiger partial charge >= 0.3 is 6.09 Å². The van der Waals surface area contributed by atoms with E-state index < -0.39 is 36.3 Å². The number of nitrogens with zero attached hydrogens (tertiary/aromatic N) is 1. The summed E-state index contributed by atoms with van der Waals surface area (Å²) in [7, 11) is 0. The molecule has 1 aromatic carbocycles. The lowest BCUT2D eigenvalue weighted by Gasteiger charge is -2.35. The van der Waals surface area contributed by atoms with Crippen LogP contribution in [-0.2, 0) is 14.3 Å². The van der Waals surface area contributed by atoms with E-state index in [-0.39, 0.29) is 18.0 Å². The number of carbonyl (C=O) groups excluding carboxylic acids is 3. The number of benzene rings is 1. The predicted molar refractivity (Wildman–Crippen MR) is 127 cm³/mol. The van der Waals surface area contributed by atoms with Gasteiger partial charge in [-0.2, -0.15) is 0 Å². The number of amides is 3. The molecule has 0 bridgehead atoms. The first-order valence-electron chi connectivity index (χ1n) is 11.8. The van der Waals surface area contributed by atoms with E-state index >= 15 is 0 Å². The van der Waals surface area contributed by atoms with Crippen LogP contribution in [-0.4, -0.2) is 58.2 Å².